The molecule has 2 fully saturated rings. The topological polar surface area (TPSA) is 103 Å². The van der Waals surface area contributed by atoms with Crippen molar-refractivity contribution in [2.24, 2.45) is 11.1 Å². The highest BCUT2D eigenvalue weighted by molar-refractivity contribution is 7.89. The number of primary sulfonamides is 1. The van der Waals surface area contributed by atoms with Crippen molar-refractivity contribution in [1.82, 2.24) is 9.88 Å². The van der Waals surface area contributed by atoms with Crippen LogP contribution in [0.3, 0.4) is 0 Å². The summed E-state index contributed by atoms with van der Waals surface area (Å²) < 4.78 is 85.5. The first-order valence-corrected chi connectivity index (χ1v) is 11.9. The minimum absolute atomic E-state index is 0.142. The van der Waals surface area contributed by atoms with Crippen molar-refractivity contribution in [2.45, 2.75) is 30.9 Å². The van der Waals surface area contributed by atoms with Gasteiger partial charge in [-0.15, -0.1) is 0 Å². The lowest BCUT2D eigenvalue weighted by molar-refractivity contribution is -0.158. The van der Waals surface area contributed by atoms with E-state index in [1.165, 1.54) is 18.2 Å². The normalized spacial score (nSPS) is 24.5. The van der Waals surface area contributed by atoms with Gasteiger partial charge in [0.2, 0.25) is 10.0 Å². The average Bonchev–Trinajstić information content (AvgIpc) is 2.89. The molecule has 2 aliphatic rings. The molecule has 2 aromatic rings. The predicted octanol–water partition coefficient (Wildman–Crippen LogP) is 2.11. The van der Waals surface area contributed by atoms with Crippen LogP contribution in [-0.4, -0.2) is 61.2 Å². The Bertz CT molecular complexity index is 1150. The third kappa shape index (κ3) is 5.17. The number of nitrogens with zero attached hydrogens (tertiary/aromatic N) is 2. The van der Waals surface area contributed by atoms with E-state index in [1.54, 1.807) is 0 Å². The summed E-state index contributed by atoms with van der Waals surface area (Å²) in [6, 6.07) is 6.17. The number of rotatable bonds is 6. The molecule has 2 unspecified atom stereocenters. The molecule has 3 heterocycles. The van der Waals surface area contributed by atoms with E-state index in [0.717, 1.165) is 17.0 Å². The van der Waals surface area contributed by atoms with Gasteiger partial charge in [0, 0.05) is 36.2 Å². The Hall–Kier alpha value is -2.57. The highest BCUT2D eigenvalue weighted by Crippen LogP contribution is 2.41. The molecule has 7 nitrogen and oxygen atoms in total. The van der Waals surface area contributed by atoms with Crippen molar-refractivity contribution in [3.8, 4) is 11.3 Å². The predicted molar refractivity (Wildman–Crippen MR) is 110 cm³/mol. The van der Waals surface area contributed by atoms with Crippen LogP contribution in [0.4, 0.5) is 17.6 Å². The van der Waals surface area contributed by atoms with Crippen molar-refractivity contribution in [2.75, 3.05) is 18.9 Å². The molecule has 1 aromatic carbocycles. The second kappa shape index (κ2) is 8.65. The first-order chi connectivity index (χ1) is 15.4. The molecule has 0 spiro atoms. The van der Waals surface area contributed by atoms with Crippen molar-refractivity contribution in [3.05, 3.63) is 53.7 Å². The fraction of sp³-hybridized carbons (Fsp3) is 0.429. The monoisotopic (exact) mass is 487 g/mol. The molecule has 1 amide bonds. The molecule has 2 saturated heterocycles. The van der Waals surface area contributed by atoms with Gasteiger partial charge in [-0.25, -0.2) is 31.1 Å². The zero-order valence-corrected chi connectivity index (χ0v) is 18.1. The van der Waals surface area contributed by atoms with Crippen LogP contribution < -0.4 is 5.14 Å². The van der Waals surface area contributed by atoms with Gasteiger partial charge in [0.05, 0.1) is 30.5 Å². The Morgan fingerprint density at radius 2 is 1.88 bits per heavy atom. The third-order valence-electron chi connectivity index (χ3n) is 5.84. The number of amides is 1. The molecule has 2 N–H and O–H groups in total. The Labute approximate surface area is 187 Å². The molecule has 0 aliphatic carbocycles. The van der Waals surface area contributed by atoms with Gasteiger partial charge in [-0.1, -0.05) is 6.07 Å². The van der Waals surface area contributed by atoms with Crippen molar-refractivity contribution >= 4 is 15.9 Å². The number of pyridine rings is 1. The Morgan fingerprint density at radius 1 is 1.21 bits per heavy atom. The molecular formula is C21H21F4N3O4S. The van der Waals surface area contributed by atoms with Gasteiger partial charge >= 0.3 is 0 Å². The van der Waals surface area contributed by atoms with E-state index >= 15 is 0 Å². The van der Waals surface area contributed by atoms with Crippen LogP contribution in [0.15, 0.2) is 36.4 Å². The molecule has 178 valence electrons. The number of benzene rings is 1. The summed E-state index contributed by atoms with van der Waals surface area (Å²) in [6.07, 6.45) is -0.683. The van der Waals surface area contributed by atoms with Crippen LogP contribution in [0.25, 0.3) is 11.3 Å². The molecule has 0 bridgehead atoms. The molecule has 0 saturated carbocycles. The number of alkyl halides is 2. The smallest absolute Gasteiger partial charge is 0.271 e. The van der Waals surface area contributed by atoms with Gasteiger partial charge in [0.15, 0.2) is 0 Å². The van der Waals surface area contributed by atoms with Gasteiger partial charge in [-0.05, 0) is 24.3 Å². The Kier molecular flexibility index (Phi) is 6.18. The summed E-state index contributed by atoms with van der Waals surface area (Å²) in [6.45, 7) is -0.634. The summed E-state index contributed by atoms with van der Waals surface area (Å²) >= 11 is 0. The molecule has 33 heavy (non-hydrogen) atoms. The number of hydrogen-bond donors (Lipinski definition) is 1. The second-order valence-electron chi connectivity index (χ2n) is 8.26. The first kappa shape index (κ1) is 23.6. The maximum absolute atomic E-state index is 14.9. The molecular weight excluding hydrogens is 466 g/mol. The lowest BCUT2D eigenvalue weighted by Gasteiger charge is -2.33. The number of carbonyl (C=O) groups is 1. The molecule has 1 aromatic heterocycles. The number of carbonyl (C=O) groups excluding carboxylic acids is 1. The highest BCUT2D eigenvalue weighted by atomic mass is 32.2. The van der Waals surface area contributed by atoms with E-state index in [4.69, 9.17) is 9.88 Å². The minimum atomic E-state index is -4.28. The van der Waals surface area contributed by atoms with Crippen LogP contribution >= 0.6 is 0 Å². The Morgan fingerprint density at radius 3 is 2.45 bits per heavy atom. The van der Waals surface area contributed by atoms with E-state index in [0.29, 0.717) is 19.1 Å². The first-order valence-electron chi connectivity index (χ1n) is 10.2. The van der Waals surface area contributed by atoms with Gasteiger partial charge in [0.25, 0.3) is 11.8 Å². The van der Waals surface area contributed by atoms with Crippen LogP contribution in [0.5, 0.6) is 0 Å². The fourth-order valence-electron chi connectivity index (χ4n) is 4.22. The summed E-state index contributed by atoms with van der Waals surface area (Å²) in [5.74, 6) is -8.54. The zero-order chi connectivity index (χ0) is 24.0. The fourth-order valence-corrected chi connectivity index (χ4v) is 5.19. The summed E-state index contributed by atoms with van der Waals surface area (Å²) in [5, 5.41) is 5.06. The average molecular weight is 487 g/mol. The van der Waals surface area contributed by atoms with Crippen LogP contribution in [-0.2, 0) is 26.0 Å². The maximum atomic E-state index is 14.9. The van der Waals surface area contributed by atoms with E-state index in [1.807, 2.05) is 0 Å². The number of likely N-dealkylation sites (tertiary alicyclic amines) is 1. The van der Waals surface area contributed by atoms with Gasteiger partial charge in [0.1, 0.15) is 17.7 Å². The summed E-state index contributed by atoms with van der Waals surface area (Å²) in [7, 11) is -4.28. The van der Waals surface area contributed by atoms with Crippen LogP contribution in [0.2, 0.25) is 0 Å². The third-order valence-corrected chi connectivity index (χ3v) is 6.66. The summed E-state index contributed by atoms with van der Waals surface area (Å²) in [5.41, 5.74) is 0.577. The largest absolute Gasteiger partial charge is 0.368 e. The number of ether oxygens (including phenoxy) is 1. The molecule has 0 radical (unpaired) electrons. The van der Waals surface area contributed by atoms with Crippen LogP contribution in [0, 0.1) is 17.6 Å². The maximum Gasteiger partial charge on any atom is 0.271 e. The van der Waals surface area contributed by atoms with E-state index in [-0.39, 0.29) is 23.4 Å². The van der Waals surface area contributed by atoms with Crippen molar-refractivity contribution < 1.29 is 35.5 Å². The van der Waals surface area contributed by atoms with Crippen molar-refractivity contribution in [1.29, 1.82) is 0 Å². The Balaban J connectivity index is 1.68. The number of sulfonamides is 1. The van der Waals surface area contributed by atoms with Crippen LogP contribution in [0.1, 0.15) is 12.1 Å². The minimum Gasteiger partial charge on any atom is -0.368 e. The van der Waals surface area contributed by atoms with Crippen molar-refractivity contribution in [3.63, 3.8) is 0 Å². The lowest BCUT2D eigenvalue weighted by Crippen LogP contribution is -2.49. The SMILES string of the molecule is NS(=O)(=O)CC1[C@@H](Cc2cccc(-c3cc(F)cc(F)c3)n2)N(C(=O)C2CCO2)CC1(F)F. The van der Waals surface area contributed by atoms with Gasteiger partial charge < -0.3 is 9.64 Å². The van der Waals surface area contributed by atoms with Gasteiger partial charge in [-0.2, -0.15) is 0 Å². The van der Waals surface area contributed by atoms with Gasteiger partial charge in [-0.3, -0.25) is 9.78 Å². The highest BCUT2D eigenvalue weighted by Gasteiger charge is 2.57. The van der Waals surface area contributed by atoms with E-state index < -0.39 is 63.8 Å². The van der Waals surface area contributed by atoms with E-state index in [9.17, 15) is 30.8 Å². The number of halogens is 4. The standard InChI is InChI=1S/C21H21F4N3O4S/c22-13-6-12(7-14(23)8-13)17-3-1-2-15(27-17)9-18-16(10-33(26,30)31)21(24,25)11-28(18)20(29)19-4-5-32-19/h1-3,6-8,16,18-19H,4-5,9-11H2,(H2,26,30,31)/t16?,18-,19?/m1/s1. The molecule has 12 heteroatoms. The summed E-state index contributed by atoms with van der Waals surface area (Å²) in [4.78, 5) is 18.0. The second-order valence-corrected chi connectivity index (χ2v) is 9.91. The zero-order valence-electron chi connectivity index (χ0n) is 17.3. The molecule has 3 atom stereocenters. The van der Waals surface area contributed by atoms with E-state index in [2.05, 4.69) is 4.98 Å². The quantitative estimate of drug-likeness (QED) is 0.629. The molecule has 2 aliphatic heterocycles. The molecule has 4 rings (SSSR count). The number of nitrogens with two attached hydrogens (primary N) is 1. The number of aromatic nitrogens is 1. The lowest BCUT2D eigenvalue weighted by atomic mass is 9.95. The number of hydrogen-bond acceptors (Lipinski definition) is 5.